The second kappa shape index (κ2) is 9.68. The van der Waals surface area contributed by atoms with Crippen LogP contribution in [0.1, 0.15) is 46.0 Å². The van der Waals surface area contributed by atoms with E-state index in [-0.39, 0.29) is 31.1 Å². The molecule has 0 saturated heterocycles. The lowest BCUT2D eigenvalue weighted by Crippen LogP contribution is -2.17. The molecule has 8 heteroatoms. The summed E-state index contributed by atoms with van der Waals surface area (Å²) in [5, 5.41) is 0. The molecule has 0 bridgehead atoms. The second-order valence-corrected chi connectivity index (χ2v) is 7.75. The largest absolute Gasteiger partial charge is 0.270 e. The quantitative estimate of drug-likeness (QED) is 0.402. The van der Waals surface area contributed by atoms with E-state index in [1.807, 2.05) is 13.8 Å². The van der Waals surface area contributed by atoms with E-state index in [2.05, 4.69) is 0 Å². The van der Waals surface area contributed by atoms with Crippen molar-refractivity contribution in [3.8, 4) is 0 Å². The summed E-state index contributed by atoms with van der Waals surface area (Å²) in [7, 11) is -7.24. The third-order valence-electron chi connectivity index (χ3n) is 2.31. The molecule has 0 unspecified atom stereocenters. The summed E-state index contributed by atoms with van der Waals surface area (Å²) < 4.78 is 55.0. The number of unbranched alkanes of at least 4 members (excludes halogenated alkanes) is 2. The summed E-state index contributed by atoms with van der Waals surface area (Å²) in [6, 6.07) is 0. The molecule has 0 fully saturated rings. The Morgan fingerprint density at radius 3 is 1.37 bits per heavy atom. The first-order valence-electron chi connectivity index (χ1n) is 6.57. The van der Waals surface area contributed by atoms with Gasteiger partial charge in [0.2, 0.25) is 0 Å². The zero-order valence-corrected chi connectivity index (χ0v) is 13.3. The Labute approximate surface area is 116 Å². The highest BCUT2D eigenvalue weighted by molar-refractivity contribution is 7.87. The van der Waals surface area contributed by atoms with Gasteiger partial charge in [-0.25, -0.2) is 0 Å². The van der Waals surface area contributed by atoms with Gasteiger partial charge in [0.25, 0.3) is 20.2 Å². The molecular formula is C11H24O6S2. The van der Waals surface area contributed by atoms with Crippen molar-refractivity contribution in [3.63, 3.8) is 0 Å². The van der Waals surface area contributed by atoms with Crippen molar-refractivity contribution in [2.75, 3.05) is 24.7 Å². The van der Waals surface area contributed by atoms with Gasteiger partial charge in [-0.1, -0.05) is 26.7 Å². The van der Waals surface area contributed by atoms with Gasteiger partial charge in [0, 0.05) is 0 Å². The van der Waals surface area contributed by atoms with Crippen LogP contribution in [0.5, 0.6) is 0 Å². The molecule has 0 amide bonds. The summed E-state index contributed by atoms with van der Waals surface area (Å²) in [5.74, 6) is -0.597. The summed E-state index contributed by atoms with van der Waals surface area (Å²) in [4.78, 5) is 0. The zero-order valence-electron chi connectivity index (χ0n) is 11.6. The highest BCUT2D eigenvalue weighted by Gasteiger charge is 2.16. The summed E-state index contributed by atoms with van der Waals surface area (Å²) in [6.45, 7) is 4.16. The van der Waals surface area contributed by atoms with E-state index in [1.165, 1.54) is 0 Å². The van der Waals surface area contributed by atoms with Crippen LogP contribution in [-0.4, -0.2) is 41.6 Å². The molecule has 0 saturated carbocycles. The average molecular weight is 316 g/mol. The Kier molecular flexibility index (Phi) is 9.59. The minimum absolute atomic E-state index is 0.0110. The fourth-order valence-corrected chi connectivity index (χ4v) is 3.35. The maximum atomic E-state index is 11.4. The molecule has 0 atom stereocenters. The topological polar surface area (TPSA) is 86.7 Å². The lowest BCUT2D eigenvalue weighted by atomic mass is 10.4. The normalized spacial score (nSPS) is 12.7. The first-order valence-corrected chi connectivity index (χ1v) is 9.72. The molecule has 0 aromatic carbocycles. The summed E-state index contributed by atoms with van der Waals surface area (Å²) >= 11 is 0. The van der Waals surface area contributed by atoms with Crippen molar-refractivity contribution in [1.29, 1.82) is 0 Å². The molecule has 116 valence electrons. The van der Waals surface area contributed by atoms with E-state index in [0.717, 1.165) is 12.8 Å². The SMILES string of the molecule is CCCCOS(=O)(=O)CCCS(=O)(=O)OCCCC. The highest BCUT2D eigenvalue weighted by atomic mass is 32.2. The van der Waals surface area contributed by atoms with Gasteiger partial charge in [-0.2, -0.15) is 16.8 Å². The van der Waals surface area contributed by atoms with Gasteiger partial charge in [-0.3, -0.25) is 8.37 Å². The lowest BCUT2D eigenvalue weighted by molar-refractivity contribution is 0.308. The maximum absolute atomic E-state index is 11.4. The summed E-state index contributed by atoms with van der Waals surface area (Å²) in [6.07, 6.45) is 3.00. The molecule has 6 nitrogen and oxygen atoms in total. The van der Waals surface area contributed by atoms with Crippen LogP contribution in [0.2, 0.25) is 0 Å². The zero-order chi connectivity index (χ0) is 14.8. The molecule has 0 aliphatic heterocycles. The van der Waals surface area contributed by atoms with Gasteiger partial charge < -0.3 is 0 Å². The molecule has 0 aromatic heterocycles. The molecule has 0 heterocycles. The van der Waals surface area contributed by atoms with Gasteiger partial charge in [0.15, 0.2) is 0 Å². The second-order valence-electron chi connectivity index (χ2n) is 4.23. The molecule has 0 rings (SSSR count). The van der Waals surface area contributed by atoms with Crippen LogP contribution >= 0.6 is 0 Å². The predicted octanol–water partition coefficient (Wildman–Crippen LogP) is 1.67. The standard InChI is InChI=1S/C11H24O6S2/c1-3-5-8-16-18(12,13)10-7-11-19(14,15)17-9-6-4-2/h3-11H2,1-2H3. The Morgan fingerprint density at radius 2 is 1.05 bits per heavy atom. The Hall–Kier alpha value is -0.180. The van der Waals surface area contributed by atoms with Crippen LogP contribution in [0.4, 0.5) is 0 Å². The highest BCUT2D eigenvalue weighted by Crippen LogP contribution is 2.04. The fourth-order valence-electron chi connectivity index (χ4n) is 1.19. The Bertz CT molecular complexity index is 372. The molecule has 0 aliphatic rings. The lowest BCUT2D eigenvalue weighted by Gasteiger charge is -2.06. The average Bonchev–Trinajstić information content (AvgIpc) is 2.28. The van der Waals surface area contributed by atoms with Crippen molar-refractivity contribution in [2.24, 2.45) is 0 Å². The van der Waals surface area contributed by atoms with Gasteiger partial charge in [-0.15, -0.1) is 0 Å². The third kappa shape index (κ3) is 11.4. The molecule has 19 heavy (non-hydrogen) atoms. The van der Waals surface area contributed by atoms with E-state index >= 15 is 0 Å². The smallest absolute Gasteiger partial charge is 0.267 e. The van der Waals surface area contributed by atoms with Gasteiger partial charge in [-0.05, 0) is 19.3 Å². The van der Waals surface area contributed by atoms with Crippen molar-refractivity contribution in [3.05, 3.63) is 0 Å². The van der Waals surface area contributed by atoms with Gasteiger partial charge in [0.1, 0.15) is 0 Å². The van der Waals surface area contributed by atoms with Crippen LogP contribution in [0.3, 0.4) is 0 Å². The van der Waals surface area contributed by atoms with Crippen LogP contribution in [-0.2, 0) is 28.6 Å². The minimum Gasteiger partial charge on any atom is -0.270 e. The number of hydrogen-bond acceptors (Lipinski definition) is 6. The molecule has 0 aliphatic carbocycles. The van der Waals surface area contributed by atoms with Crippen LogP contribution in [0.25, 0.3) is 0 Å². The summed E-state index contributed by atoms with van der Waals surface area (Å²) in [5.41, 5.74) is 0. The Balaban J connectivity index is 3.94. The van der Waals surface area contributed by atoms with Crippen LogP contribution in [0.15, 0.2) is 0 Å². The van der Waals surface area contributed by atoms with E-state index in [1.54, 1.807) is 0 Å². The Morgan fingerprint density at radius 1 is 0.684 bits per heavy atom. The van der Waals surface area contributed by atoms with Crippen LogP contribution < -0.4 is 0 Å². The molecule has 0 spiro atoms. The first kappa shape index (κ1) is 18.8. The third-order valence-corrected chi connectivity index (χ3v) is 4.94. The first-order chi connectivity index (χ1) is 8.83. The van der Waals surface area contributed by atoms with E-state index in [9.17, 15) is 16.8 Å². The minimum atomic E-state index is -3.62. The van der Waals surface area contributed by atoms with E-state index in [0.29, 0.717) is 12.8 Å². The van der Waals surface area contributed by atoms with Gasteiger partial charge in [0.05, 0.1) is 24.7 Å². The molecular weight excluding hydrogens is 292 g/mol. The number of rotatable bonds is 12. The van der Waals surface area contributed by atoms with Crippen molar-refractivity contribution < 1.29 is 25.2 Å². The van der Waals surface area contributed by atoms with E-state index < -0.39 is 20.2 Å². The van der Waals surface area contributed by atoms with Crippen LogP contribution in [0, 0.1) is 0 Å². The fraction of sp³-hybridized carbons (Fsp3) is 1.00. The van der Waals surface area contributed by atoms with Crippen molar-refractivity contribution >= 4 is 20.2 Å². The van der Waals surface area contributed by atoms with E-state index in [4.69, 9.17) is 8.37 Å². The monoisotopic (exact) mass is 316 g/mol. The van der Waals surface area contributed by atoms with Crippen molar-refractivity contribution in [1.82, 2.24) is 0 Å². The molecule has 0 radical (unpaired) electrons. The predicted molar refractivity (Wildman–Crippen MR) is 73.9 cm³/mol. The number of hydrogen-bond donors (Lipinski definition) is 0. The molecule has 0 N–H and O–H groups in total. The maximum Gasteiger partial charge on any atom is 0.267 e. The van der Waals surface area contributed by atoms with Gasteiger partial charge >= 0.3 is 0 Å². The molecule has 0 aromatic rings. The van der Waals surface area contributed by atoms with Crippen molar-refractivity contribution in [2.45, 2.75) is 46.0 Å².